The fraction of sp³-hybridized carbons (Fsp3) is 0.235. The maximum Gasteiger partial charge on any atom is 0.323 e. The molecule has 8 heteroatoms. The van der Waals surface area contributed by atoms with Gasteiger partial charge in [-0.1, -0.05) is 17.7 Å². The lowest BCUT2D eigenvalue weighted by Crippen LogP contribution is -2.20. The van der Waals surface area contributed by atoms with Crippen molar-refractivity contribution in [3.8, 4) is 5.75 Å². The normalized spacial score (nSPS) is 10.2. The van der Waals surface area contributed by atoms with Gasteiger partial charge in [0.25, 0.3) is 0 Å². The van der Waals surface area contributed by atoms with Crippen molar-refractivity contribution in [2.75, 3.05) is 36.2 Å². The number of benzene rings is 2. The molecule has 5 N–H and O–H groups in total. The van der Waals surface area contributed by atoms with E-state index < -0.39 is 6.03 Å². The van der Waals surface area contributed by atoms with Crippen molar-refractivity contribution in [3.63, 3.8) is 0 Å². The molecule has 2 aromatic rings. The number of aliphatic hydroxyl groups is 2. The average molecular weight is 366 g/mol. The van der Waals surface area contributed by atoms with E-state index in [2.05, 4.69) is 16.0 Å². The number of carbonyl (C=O) groups excluding carboxylic acids is 1. The van der Waals surface area contributed by atoms with Crippen LogP contribution in [0.3, 0.4) is 0 Å². The summed E-state index contributed by atoms with van der Waals surface area (Å²) < 4.78 is 5.20. The van der Waals surface area contributed by atoms with Crippen LogP contribution in [0.5, 0.6) is 5.75 Å². The second-order valence-electron chi connectivity index (χ2n) is 5.14. The number of urea groups is 1. The third-order valence-corrected chi connectivity index (χ3v) is 3.57. The predicted octanol–water partition coefficient (Wildman–Crippen LogP) is 2.89. The van der Waals surface area contributed by atoms with E-state index in [-0.39, 0.29) is 13.2 Å². The van der Waals surface area contributed by atoms with Gasteiger partial charge < -0.3 is 30.9 Å². The fourth-order valence-electron chi connectivity index (χ4n) is 2.18. The number of carbonyl (C=O) groups is 1. The van der Waals surface area contributed by atoms with Crippen molar-refractivity contribution < 1.29 is 19.7 Å². The minimum Gasteiger partial charge on any atom is -0.497 e. The molecule has 25 heavy (non-hydrogen) atoms. The summed E-state index contributed by atoms with van der Waals surface area (Å²) in [5.41, 5.74) is 2.18. The highest BCUT2D eigenvalue weighted by atomic mass is 35.5. The largest absolute Gasteiger partial charge is 0.497 e. The lowest BCUT2D eigenvalue weighted by molar-refractivity contribution is 0.262. The maximum atomic E-state index is 12.2. The summed E-state index contributed by atoms with van der Waals surface area (Å²) >= 11 is 5.93. The molecule has 0 aliphatic heterocycles. The first kappa shape index (κ1) is 18.9. The summed E-state index contributed by atoms with van der Waals surface area (Å²) in [4.78, 5) is 12.2. The summed E-state index contributed by atoms with van der Waals surface area (Å²) in [6.45, 7) is 0.140. The summed E-state index contributed by atoms with van der Waals surface area (Å²) in [5, 5.41) is 27.0. The molecule has 0 radical (unpaired) electrons. The number of rotatable bonds is 7. The number of aliphatic hydroxyl groups excluding tert-OH is 2. The van der Waals surface area contributed by atoms with Crippen molar-refractivity contribution in [1.29, 1.82) is 0 Å². The van der Waals surface area contributed by atoms with Crippen LogP contribution in [-0.4, -0.2) is 36.5 Å². The Morgan fingerprint density at radius 1 is 1.12 bits per heavy atom. The lowest BCUT2D eigenvalue weighted by atomic mass is 10.2. The van der Waals surface area contributed by atoms with Crippen LogP contribution in [0, 0.1) is 0 Å². The van der Waals surface area contributed by atoms with E-state index >= 15 is 0 Å². The van der Waals surface area contributed by atoms with E-state index in [4.69, 9.17) is 21.4 Å². The van der Waals surface area contributed by atoms with E-state index in [0.717, 1.165) is 0 Å². The van der Waals surface area contributed by atoms with Crippen LogP contribution < -0.4 is 20.7 Å². The molecule has 0 fully saturated rings. The molecule has 0 aliphatic rings. The SMILES string of the molecule is COc1cc(NCCO)cc(NC(=O)Nc2cc(Cl)ccc2CO)c1. The van der Waals surface area contributed by atoms with Crippen LogP contribution in [0.25, 0.3) is 0 Å². The van der Waals surface area contributed by atoms with Gasteiger partial charge in [-0.3, -0.25) is 0 Å². The number of ether oxygens (including phenoxy) is 1. The van der Waals surface area contributed by atoms with Crippen molar-refractivity contribution in [2.45, 2.75) is 6.61 Å². The Hall–Kier alpha value is -2.48. The highest BCUT2D eigenvalue weighted by Crippen LogP contribution is 2.25. The molecule has 0 saturated heterocycles. The summed E-state index contributed by atoms with van der Waals surface area (Å²) in [5.74, 6) is 0.553. The van der Waals surface area contributed by atoms with Crippen LogP contribution in [0.2, 0.25) is 5.02 Å². The van der Waals surface area contributed by atoms with E-state index in [9.17, 15) is 9.90 Å². The number of hydrogen-bond acceptors (Lipinski definition) is 5. The van der Waals surface area contributed by atoms with Crippen molar-refractivity contribution in [2.24, 2.45) is 0 Å². The molecule has 0 aromatic heterocycles. The third kappa shape index (κ3) is 5.53. The topological polar surface area (TPSA) is 103 Å². The van der Waals surface area contributed by atoms with Crippen LogP contribution in [0.15, 0.2) is 36.4 Å². The molecule has 7 nitrogen and oxygen atoms in total. The Balaban J connectivity index is 2.13. The van der Waals surface area contributed by atoms with Crippen LogP contribution in [0.4, 0.5) is 21.9 Å². The second kappa shape index (κ2) is 9.12. The van der Waals surface area contributed by atoms with Gasteiger partial charge in [0, 0.05) is 46.3 Å². The van der Waals surface area contributed by atoms with Gasteiger partial charge in [0.2, 0.25) is 0 Å². The van der Waals surface area contributed by atoms with Crippen molar-refractivity contribution in [3.05, 3.63) is 47.0 Å². The number of anilines is 3. The minimum absolute atomic E-state index is 0.0147. The molecule has 0 spiro atoms. The quantitative estimate of drug-likeness (QED) is 0.519. The molecule has 2 aromatic carbocycles. The van der Waals surface area contributed by atoms with Crippen LogP contribution in [-0.2, 0) is 6.61 Å². The molecule has 134 valence electrons. The van der Waals surface area contributed by atoms with Gasteiger partial charge in [-0.15, -0.1) is 0 Å². The van der Waals surface area contributed by atoms with E-state index in [1.165, 1.54) is 7.11 Å². The molecular weight excluding hydrogens is 346 g/mol. The molecule has 0 heterocycles. The predicted molar refractivity (Wildman–Crippen MR) is 98.6 cm³/mol. The lowest BCUT2D eigenvalue weighted by Gasteiger charge is -2.13. The molecule has 2 rings (SSSR count). The molecule has 0 saturated carbocycles. The Bertz CT molecular complexity index is 740. The third-order valence-electron chi connectivity index (χ3n) is 3.33. The second-order valence-corrected chi connectivity index (χ2v) is 5.58. The van der Waals surface area contributed by atoms with Gasteiger partial charge in [0.15, 0.2) is 0 Å². The number of nitrogens with one attached hydrogen (secondary N) is 3. The molecule has 0 atom stereocenters. The van der Waals surface area contributed by atoms with Gasteiger partial charge in [-0.2, -0.15) is 0 Å². The number of hydrogen-bond donors (Lipinski definition) is 5. The minimum atomic E-state index is -0.488. The van der Waals surface area contributed by atoms with E-state index in [1.807, 2.05) is 0 Å². The monoisotopic (exact) mass is 365 g/mol. The standard InChI is InChI=1S/C17H20ClN3O4/c1-25-15-8-13(19-4-5-22)7-14(9-15)20-17(24)21-16-6-12(18)3-2-11(16)10-23/h2-3,6-9,19,22-23H,4-5,10H2,1H3,(H2,20,21,24). The maximum absolute atomic E-state index is 12.2. The Labute approximate surface area is 150 Å². The van der Waals surface area contributed by atoms with Gasteiger partial charge in [-0.25, -0.2) is 4.79 Å². The van der Waals surface area contributed by atoms with E-state index in [0.29, 0.717) is 39.9 Å². The first-order chi connectivity index (χ1) is 12.0. The van der Waals surface area contributed by atoms with Gasteiger partial charge in [-0.05, 0) is 18.2 Å². The molecule has 0 unspecified atom stereocenters. The fourth-order valence-corrected chi connectivity index (χ4v) is 2.35. The molecule has 0 bridgehead atoms. The Morgan fingerprint density at radius 2 is 1.88 bits per heavy atom. The summed E-state index contributed by atoms with van der Waals surface area (Å²) in [7, 11) is 1.52. The van der Waals surface area contributed by atoms with Crippen LogP contribution in [0.1, 0.15) is 5.56 Å². The highest BCUT2D eigenvalue weighted by molar-refractivity contribution is 6.31. The van der Waals surface area contributed by atoms with Crippen LogP contribution >= 0.6 is 11.6 Å². The zero-order valence-electron chi connectivity index (χ0n) is 13.7. The average Bonchev–Trinajstić information content (AvgIpc) is 2.59. The van der Waals surface area contributed by atoms with Gasteiger partial charge in [0.05, 0.1) is 20.3 Å². The van der Waals surface area contributed by atoms with E-state index in [1.54, 1.807) is 36.4 Å². The Morgan fingerprint density at radius 3 is 2.56 bits per heavy atom. The first-order valence-corrected chi connectivity index (χ1v) is 7.94. The van der Waals surface area contributed by atoms with Crippen molar-refractivity contribution in [1.82, 2.24) is 0 Å². The zero-order valence-corrected chi connectivity index (χ0v) is 14.4. The number of amides is 2. The zero-order chi connectivity index (χ0) is 18.2. The summed E-state index contributed by atoms with van der Waals surface area (Å²) in [6.07, 6.45) is 0. The Kier molecular flexibility index (Phi) is 6.88. The summed E-state index contributed by atoms with van der Waals surface area (Å²) in [6, 6.07) is 9.47. The highest BCUT2D eigenvalue weighted by Gasteiger charge is 2.09. The van der Waals surface area contributed by atoms with Crippen molar-refractivity contribution >= 4 is 34.7 Å². The number of halogens is 1. The van der Waals surface area contributed by atoms with Gasteiger partial charge >= 0.3 is 6.03 Å². The number of methoxy groups -OCH3 is 1. The first-order valence-electron chi connectivity index (χ1n) is 7.57. The molecule has 0 aliphatic carbocycles. The van der Waals surface area contributed by atoms with Gasteiger partial charge in [0.1, 0.15) is 5.75 Å². The molecular formula is C17H20ClN3O4. The molecule has 2 amide bonds. The smallest absolute Gasteiger partial charge is 0.323 e.